The molecule has 4 aromatic rings. The number of aryl methyl sites for hydroxylation is 1. The van der Waals surface area contributed by atoms with E-state index >= 15 is 0 Å². The van der Waals surface area contributed by atoms with Crippen LogP contribution in [0.3, 0.4) is 0 Å². The fourth-order valence-electron chi connectivity index (χ4n) is 3.41. The van der Waals surface area contributed by atoms with Crippen molar-refractivity contribution in [2.24, 2.45) is 0 Å². The van der Waals surface area contributed by atoms with Crippen LogP contribution in [0.1, 0.15) is 36.4 Å². The lowest BCUT2D eigenvalue weighted by atomic mass is 10.1. The standard InChI is InChI=1S/C22H23N3O3/c1-3-13-25-18-11-7-6-10-17(18)23-22(25)24-21(26)20-16(14-27-4-2)15-9-5-8-12-19(15)28-20/h5-12H,3-4,13-14H2,1-2H3,(H,23,24,26). The second-order valence-electron chi connectivity index (χ2n) is 6.57. The van der Waals surface area contributed by atoms with Gasteiger partial charge in [-0.15, -0.1) is 0 Å². The lowest BCUT2D eigenvalue weighted by Gasteiger charge is -2.09. The zero-order valence-corrected chi connectivity index (χ0v) is 16.1. The van der Waals surface area contributed by atoms with E-state index in [0.29, 0.717) is 24.7 Å². The van der Waals surface area contributed by atoms with Crippen LogP contribution < -0.4 is 5.32 Å². The molecule has 0 aliphatic heterocycles. The minimum absolute atomic E-state index is 0.268. The molecule has 0 aliphatic rings. The zero-order valence-electron chi connectivity index (χ0n) is 16.1. The summed E-state index contributed by atoms with van der Waals surface area (Å²) in [6.45, 7) is 5.67. The molecule has 0 unspecified atom stereocenters. The van der Waals surface area contributed by atoms with Gasteiger partial charge in [0.05, 0.1) is 17.6 Å². The Kier molecular flexibility index (Phi) is 5.12. The smallest absolute Gasteiger partial charge is 0.294 e. The molecule has 4 rings (SSSR count). The quantitative estimate of drug-likeness (QED) is 0.493. The Bertz CT molecular complexity index is 1130. The van der Waals surface area contributed by atoms with E-state index in [0.717, 1.165) is 34.9 Å². The number of aromatic nitrogens is 2. The number of rotatable bonds is 7. The zero-order chi connectivity index (χ0) is 19.5. The normalized spacial score (nSPS) is 11.4. The molecular formula is C22H23N3O3. The number of fused-ring (bicyclic) bond motifs is 2. The van der Waals surface area contributed by atoms with Crippen LogP contribution in [0.4, 0.5) is 5.95 Å². The predicted molar refractivity (Wildman–Crippen MR) is 110 cm³/mol. The van der Waals surface area contributed by atoms with Gasteiger partial charge in [0.15, 0.2) is 5.76 Å². The highest BCUT2D eigenvalue weighted by Crippen LogP contribution is 2.28. The third kappa shape index (κ3) is 3.27. The van der Waals surface area contributed by atoms with Crippen LogP contribution in [0.2, 0.25) is 0 Å². The summed E-state index contributed by atoms with van der Waals surface area (Å²) in [6, 6.07) is 15.5. The molecule has 0 radical (unpaired) electrons. The number of carbonyl (C=O) groups excluding carboxylic acids is 1. The molecule has 0 spiro atoms. The third-order valence-electron chi connectivity index (χ3n) is 4.68. The van der Waals surface area contributed by atoms with Crippen molar-refractivity contribution >= 4 is 33.9 Å². The Morgan fingerprint density at radius 2 is 1.93 bits per heavy atom. The number of carbonyl (C=O) groups is 1. The Balaban J connectivity index is 1.73. The number of furan rings is 1. The molecule has 1 amide bonds. The topological polar surface area (TPSA) is 69.3 Å². The molecule has 6 nitrogen and oxygen atoms in total. The van der Waals surface area contributed by atoms with Crippen molar-refractivity contribution in [2.45, 2.75) is 33.4 Å². The monoisotopic (exact) mass is 377 g/mol. The summed E-state index contributed by atoms with van der Waals surface area (Å²) in [7, 11) is 0. The summed E-state index contributed by atoms with van der Waals surface area (Å²) in [6.07, 6.45) is 0.934. The number of hydrogen-bond acceptors (Lipinski definition) is 4. The molecule has 0 saturated heterocycles. The maximum absolute atomic E-state index is 13.1. The van der Waals surface area contributed by atoms with Crippen molar-refractivity contribution in [3.8, 4) is 0 Å². The average molecular weight is 377 g/mol. The fraction of sp³-hybridized carbons (Fsp3) is 0.273. The number of ether oxygens (including phenoxy) is 1. The Morgan fingerprint density at radius 1 is 1.14 bits per heavy atom. The van der Waals surface area contributed by atoms with Gasteiger partial charge in [-0.25, -0.2) is 4.98 Å². The number of para-hydroxylation sites is 3. The highest BCUT2D eigenvalue weighted by molar-refractivity contribution is 6.06. The third-order valence-corrected chi connectivity index (χ3v) is 4.68. The highest BCUT2D eigenvalue weighted by atomic mass is 16.5. The molecule has 144 valence electrons. The number of nitrogens with zero attached hydrogens (tertiary/aromatic N) is 2. The predicted octanol–water partition coefficient (Wildman–Crippen LogP) is 4.98. The first-order valence-electron chi connectivity index (χ1n) is 9.57. The van der Waals surface area contributed by atoms with Gasteiger partial charge in [0.1, 0.15) is 5.58 Å². The largest absolute Gasteiger partial charge is 0.451 e. The van der Waals surface area contributed by atoms with Crippen molar-refractivity contribution < 1.29 is 13.9 Å². The molecule has 2 aromatic carbocycles. The molecule has 0 bridgehead atoms. The van der Waals surface area contributed by atoms with Crippen LogP contribution in [0.25, 0.3) is 22.0 Å². The highest BCUT2D eigenvalue weighted by Gasteiger charge is 2.22. The summed E-state index contributed by atoms with van der Waals surface area (Å²) in [5, 5.41) is 3.83. The van der Waals surface area contributed by atoms with Crippen LogP contribution in [0, 0.1) is 0 Å². The lowest BCUT2D eigenvalue weighted by molar-refractivity contribution is 0.0983. The molecule has 0 aliphatic carbocycles. The van der Waals surface area contributed by atoms with E-state index in [9.17, 15) is 4.79 Å². The molecule has 6 heteroatoms. The number of anilines is 1. The number of benzene rings is 2. The second kappa shape index (κ2) is 7.86. The molecule has 0 fully saturated rings. The van der Waals surface area contributed by atoms with Gasteiger partial charge in [0.25, 0.3) is 5.91 Å². The number of imidazole rings is 1. The van der Waals surface area contributed by atoms with E-state index in [2.05, 4.69) is 17.2 Å². The molecular weight excluding hydrogens is 354 g/mol. The van der Waals surface area contributed by atoms with Crippen LogP contribution in [-0.4, -0.2) is 22.1 Å². The van der Waals surface area contributed by atoms with Gasteiger partial charge < -0.3 is 13.7 Å². The van der Waals surface area contributed by atoms with E-state index in [1.54, 1.807) is 0 Å². The van der Waals surface area contributed by atoms with Gasteiger partial charge in [0, 0.05) is 24.1 Å². The maximum atomic E-state index is 13.1. The summed E-state index contributed by atoms with van der Waals surface area (Å²) in [5.74, 6) is 0.471. The van der Waals surface area contributed by atoms with E-state index in [-0.39, 0.29) is 11.7 Å². The van der Waals surface area contributed by atoms with E-state index in [1.807, 2.05) is 60.0 Å². The Hall–Kier alpha value is -3.12. The van der Waals surface area contributed by atoms with Crippen molar-refractivity contribution in [3.63, 3.8) is 0 Å². The van der Waals surface area contributed by atoms with Crippen molar-refractivity contribution in [2.75, 3.05) is 11.9 Å². The fourth-order valence-corrected chi connectivity index (χ4v) is 3.41. The van der Waals surface area contributed by atoms with Gasteiger partial charge in [-0.1, -0.05) is 37.3 Å². The minimum atomic E-state index is -0.321. The number of amides is 1. The van der Waals surface area contributed by atoms with E-state index in [4.69, 9.17) is 9.15 Å². The maximum Gasteiger partial charge on any atom is 0.294 e. The van der Waals surface area contributed by atoms with Gasteiger partial charge in [-0.05, 0) is 31.5 Å². The Labute approximate surface area is 163 Å². The molecule has 0 saturated carbocycles. The van der Waals surface area contributed by atoms with Gasteiger partial charge in [0.2, 0.25) is 5.95 Å². The van der Waals surface area contributed by atoms with E-state index in [1.165, 1.54) is 0 Å². The number of hydrogen-bond donors (Lipinski definition) is 1. The van der Waals surface area contributed by atoms with Crippen LogP contribution in [0.5, 0.6) is 0 Å². The summed E-state index contributed by atoms with van der Waals surface area (Å²) in [5.41, 5.74) is 3.28. The van der Waals surface area contributed by atoms with Gasteiger partial charge in [-0.3, -0.25) is 10.1 Å². The first kappa shape index (κ1) is 18.3. The Morgan fingerprint density at radius 3 is 2.75 bits per heavy atom. The summed E-state index contributed by atoms with van der Waals surface area (Å²) in [4.78, 5) is 17.7. The SMILES string of the molecule is CCCn1c(NC(=O)c2oc3ccccc3c2COCC)nc2ccccc21. The molecule has 0 atom stereocenters. The lowest BCUT2D eigenvalue weighted by Crippen LogP contribution is -2.17. The molecule has 2 aromatic heterocycles. The first-order valence-corrected chi connectivity index (χ1v) is 9.57. The molecule has 28 heavy (non-hydrogen) atoms. The van der Waals surface area contributed by atoms with Gasteiger partial charge in [-0.2, -0.15) is 0 Å². The molecule has 1 N–H and O–H groups in total. The van der Waals surface area contributed by atoms with E-state index < -0.39 is 0 Å². The number of nitrogens with one attached hydrogen (secondary N) is 1. The van der Waals surface area contributed by atoms with Gasteiger partial charge >= 0.3 is 0 Å². The minimum Gasteiger partial charge on any atom is -0.451 e. The van der Waals surface area contributed by atoms with Crippen molar-refractivity contribution in [1.29, 1.82) is 0 Å². The van der Waals surface area contributed by atoms with Crippen LogP contribution >= 0.6 is 0 Å². The summed E-state index contributed by atoms with van der Waals surface area (Å²) < 4.78 is 13.5. The van der Waals surface area contributed by atoms with Crippen LogP contribution in [-0.2, 0) is 17.9 Å². The first-order chi connectivity index (χ1) is 13.7. The summed E-state index contributed by atoms with van der Waals surface area (Å²) >= 11 is 0. The van der Waals surface area contributed by atoms with Crippen molar-refractivity contribution in [1.82, 2.24) is 9.55 Å². The molecule has 2 heterocycles. The average Bonchev–Trinajstić information content (AvgIpc) is 3.25. The van der Waals surface area contributed by atoms with Crippen molar-refractivity contribution in [3.05, 3.63) is 59.9 Å². The second-order valence-corrected chi connectivity index (χ2v) is 6.57. The van der Waals surface area contributed by atoms with Crippen LogP contribution in [0.15, 0.2) is 52.9 Å².